The second-order valence-corrected chi connectivity index (χ2v) is 4.50. The minimum absolute atomic E-state index is 0.256. The molecule has 1 aromatic heterocycles. The summed E-state index contributed by atoms with van der Waals surface area (Å²) in [6.07, 6.45) is 2.93. The van der Waals surface area contributed by atoms with Crippen molar-refractivity contribution in [2.24, 2.45) is 5.10 Å². The average Bonchev–Trinajstić information content (AvgIpc) is 3.00. The minimum atomic E-state index is -2.70. The fourth-order valence-electron chi connectivity index (χ4n) is 1.91. The second kappa shape index (κ2) is 4.26. The summed E-state index contributed by atoms with van der Waals surface area (Å²) in [6, 6.07) is 8.57. The topological polar surface area (TPSA) is 91.0 Å². The van der Waals surface area contributed by atoms with Gasteiger partial charge in [0.15, 0.2) is 0 Å². The van der Waals surface area contributed by atoms with Crippen molar-refractivity contribution in [1.82, 2.24) is 9.78 Å². The lowest BCUT2D eigenvalue weighted by molar-refractivity contribution is -0.156. The van der Waals surface area contributed by atoms with E-state index in [2.05, 4.69) is 10.2 Å². The van der Waals surface area contributed by atoms with E-state index in [0.29, 0.717) is 5.69 Å². The largest absolute Gasteiger partial charge is 0.352 e. The zero-order valence-electron chi connectivity index (χ0n) is 10.6. The van der Waals surface area contributed by atoms with Gasteiger partial charge in [0.2, 0.25) is 5.84 Å². The molecule has 2 aromatic rings. The fraction of sp³-hybridized carbons (Fsp3) is 0.154. The smallest absolute Gasteiger partial charge is 0.316 e. The quantitative estimate of drug-likeness (QED) is 0.719. The van der Waals surface area contributed by atoms with E-state index in [1.54, 1.807) is 30.3 Å². The Labute approximate surface area is 114 Å². The maximum Gasteiger partial charge on any atom is 0.316 e. The molecule has 0 saturated carbocycles. The van der Waals surface area contributed by atoms with E-state index in [-0.39, 0.29) is 5.84 Å². The summed E-state index contributed by atoms with van der Waals surface area (Å²) in [4.78, 5) is 12.1. The number of benzene rings is 1. The van der Waals surface area contributed by atoms with Crippen molar-refractivity contribution in [1.29, 1.82) is 0 Å². The molecular formula is C13H12N4O3. The first kappa shape index (κ1) is 12.5. The van der Waals surface area contributed by atoms with Gasteiger partial charge in [-0.2, -0.15) is 10.1 Å². The highest BCUT2D eigenvalue weighted by Gasteiger charge is 2.50. The van der Waals surface area contributed by atoms with Crippen LogP contribution in [0.1, 0.15) is 5.56 Å². The molecule has 0 fully saturated rings. The summed E-state index contributed by atoms with van der Waals surface area (Å²) in [5.74, 6) is -3.89. The van der Waals surface area contributed by atoms with Gasteiger partial charge in [-0.3, -0.25) is 4.79 Å². The Balaban J connectivity index is 2.05. The van der Waals surface area contributed by atoms with Crippen LogP contribution in [0.3, 0.4) is 0 Å². The lowest BCUT2D eigenvalue weighted by Gasteiger charge is -2.16. The Morgan fingerprint density at radius 3 is 2.50 bits per heavy atom. The summed E-state index contributed by atoms with van der Waals surface area (Å²) >= 11 is 0. The molecular weight excluding hydrogens is 260 g/mol. The lowest BCUT2D eigenvalue weighted by Crippen LogP contribution is -2.48. The molecule has 7 nitrogen and oxygen atoms in total. The monoisotopic (exact) mass is 272 g/mol. The highest BCUT2D eigenvalue weighted by atomic mass is 16.5. The predicted molar refractivity (Wildman–Crippen MR) is 70.9 cm³/mol. The first-order chi connectivity index (χ1) is 9.50. The molecule has 20 heavy (non-hydrogen) atoms. The van der Waals surface area contributed by atoms with Gasteiger partial charge in [-0.1, -0.05) is 17.7 Å². The molecule has 2 N–H and O–H groups in total. The molecule has 0 unspecified atom stereocenters. The van der Waals surface area contributed by atoms with Crippen LogP contribution in [0, 0.1) is 6.92 Å². The van der Waals surface area contributed by atoms with Gasteiger partial charge < -0.3 is 10.2 Å². The van der Waals surface area contributed by atoms with Crippen molar-refractivity contribution in [3.63, 3.8) is 0 Å². The van der Waals surface area contributed by atoms with Crippen LogP contribution in [0.25, 0.3) is 0 Å². The van der Waals surface area contributed by atoms with Crippen molar-refractivity contribution in [3.8, 4) is 0 Å². The van der Waals surface area contributed by atoms with Gasteiger partial charge in [0.1, 0.15) is 0 Å². The van der Waals surface area contributed by atoms with Gasteiger partial charge in [-0.15, -0.1) is 5.10 Å². The molecule has 102 valence electrons. The standard InChI is InChI=1S/C13H12N4O3/c1-9-3-5-10(6-4-9)17-12(18)13(19,20)11(15-17)16-8-2-7-14-16/h2-8,19-20H,1H3. The number of rotatable bonds is 1. The number of hydrogen-bond acceptors (Lipinski definition) is 5. The highest BCUT2D eigenvalue weighted by Crippen LogP contribution is 2.25. The predicted octanol–water partition coefficient (Wildman–Crippen LogP) is 0.0808. The fourth-order valence-corrected chi connectivity index (χ4v) is 1.91. The molecule has 0 spiro atoms. The van der Waals surface area contributed by atoms with Gasteiger partial charge in [0.05, 0.1) is 5.69 Å². The van der Waals surface area contributed by atoms with Crippen LogP contribution in [-0.4, -0.2) is 37.5 Å². The van der Waals surface area contributed by atoms with Crippen LogP contribution in [-0.2, 0) is 4.79 Å². The molecule has 3 rings (SSSR count). The molecule has 0 bridgehead atoms. The summed E-state index contributed by atoms with van der Waals surface area (Å²) in [5, 5.41) is 28.7. The van der Waals surface area contributed by atoms with Crippen molar-refractivity contribution in [2.45, 2.75) is 12.7 Å². The average molecular weight is 272 g/mol. The zero-order valence-corrected chi connectivity index (χ0v) is 10.6. The number of aromatic nitrogens is 2. The number of hydrazone groups is 1. The molecule has 1 aliphatic heterocycles. The third kappa shape index (κ3) is 1.80. The third-order valence-corrected chi connectivity index (χ3v) is 3.00. The van der Waals surface area contributed by atoms with E-state index in [1.807, 2.05) is 6.92 Å². The number of amides is 1. The number of carbonyl (C=O) groups excluding carboxylic acids is 1. The van der Waals surface area contributed by atoms with Crippen LogP contribution in [0.15, 0.2) is 47.8 Å². The summed E-state index contributed by atoms with van der Waals surface area (Å²) in [7, 11) is 0. The van der Waals surface area contributed by atoms with Crippen LogP contribution >= 0.6 is 0 Å². The molecule has 7 heteroatoms. The molecule has 2 heterocycles. The van der Waals surface area contributed by atoms with Gasteiger partial charge in [-0.05, 0) is 25.1 Å². The van der Waals surface area contributed by atoms with Gasteiger partial charge in [0, 0.05) is 12.4 Å². The lowest BCUT2D eigenvalue weighted by atomic mass is 10.2. The van der Waals surface area contributed by atoms with E-state index in [9.17, 15) is 15.0 Å². The number of carbonyl (C=O) groups is 1. The Morgan fingerprint density at radius 1 is 1.20 bits per heavy atom. The summed E-state index contributed by atoms with van der Waals surface area (Å²) in [5.41, 5.74) is 1.48. The minimum Gasteiger partial charge on any atom is -0.352 e. The number of hydrogen-bond donors (Lipinski definition) is 2. The molecule has 0 atom stereocenters. The zero-order chi connectivity index (χ0) is 14.3. The maximum atomic E-state index is 12.1. The van der Waals surface area contributed by atoms with Gasteiger partial charge in [-0.25, -0.2) is 4.68 Å². The van der Waals surface area contributed by atoms with E-state index in [4.69, 9.17) is 0 Å². The number of aliphatic hydroxyl groups is 2. The molecule has 1 aliphatic rings. The van der Waals surface area contributed by atoms with Crippen molar-refractivity contribution in [3.05, 3.63) is 48.3 Å². The van der Waals surface area contributed by atoms with E-state index >= 15 is 0 Å². The normalized spacial score (nSPS) is 17.4. The molecule has 0 aliphatic carbocycles. The van der Waals surface area contributed by atoms with Crippen LogP contribution in [0.4, 0.5) is 5.69 Å². The molecule has 1 aromatic carbocycles. The Hall–Kier alpha value is -2.51. The van der Waals surface area contributed by atoms with E-state index in [0.717, 1.165) is 15.3 Å². The van der Waals surface area contributed by atoms with E-state index in [1.165, 1.54) is 12.4 Å². The third-order valence-electron chi connectivity index (χ3n) is 3.00. The van der Waals surface area contributed by atoms with Gasteiger partial charge in [0.25, 0.3) is 0 Å². The summed E-state index contributed by atoms with van der Waals surface area (Å²) < 4.78 is 1.14. The van der Waals surface area contributed by atoms with Gasteiger partial charge >= 0.3 is 11.7 Å². The second-order valence-electron chi connectivity index (χ2n) is 4.50. The number of aryl methyl sites for hydroxylation is 1. The first-order valence-corrected chi connectivity index (χ1v) is 5.95. The highest BCUT2D eigenvalue weighted by molar-refractivity contribution is 6.19. The van der Waals surface area contributed by atoms with Crippen molar-refractivity contribution in [2.75, 3.05) is 5.01 Å². The van der Waals surface area contributed by atoms with E-state index < -0.39 is 11.7 Å². The van der Waals surface area contributed by atoms with Crippen molar-refractivity contribution >= 4 is 17.4 Å². The Morgan fingerprint density at radius 2 is 1.90 bits per heavy atom. The SMILES string of the molecule is Cc1ccc(N2N=C(n3cccn3)C(O)(O)C2=O)cc1. The summed E-state index contributed by atoms with van der Waals surface area (Å²) in [6.45, 7) is 1.91. The molecule has 1 amide bonds. The maximum absolute atomic E-state index is 12.1. The van der Waals surface area contributed by atoms with Crippen molar-refractivity contribution < 1.29 is 15.0 Å². The number of anilines is 1. The first-order valence-electron chi connectivity index (χ1n) is 5.95. The van der Waals surface area contributed by atoms with Crippen LogP contribution < -0.4 is 5.01 Å². The molecule has 0 saturated heterocycles. The Bertz CT molecular complexity index is 674. The Kier molecular flexibility index (Phi) is 2.66. The molecule has 0 radical (unpaired) electrons. The van der Waals surface area contributed by atoms with Crippen LogP contribution in [0.2, 0.25) is 0 Å². The number of nitrogens with zero attached hydrogens (tertiary/aromatic N) is 4. The van der Waals surface area contributed by atoms with Crippen LogP contribution in [0.5, 0.6) is 0 Å².